The summed E-state index contributed by atoms with van der Waals surface area (Å²) in [5, 5.41) is 18.3. The van der Waals surface area contributed by atoms with E-state index < -0.39 is 17.9 Å². The molecule has 2 aromatic carbocycles. The zero-order valence-electron chi connectivity index (χ0n) is 17.2. The van der Waals surface area contributed by atoms with Crippen LogP contribution in [0.2, 0.25) is 10.0 Å². The van der Waals surface area contributed by atoms with Gasteiger partial charge in [0, 0.05) is 47.1 Å². The van der Waals surface area contributed by atoms with Crippen LogP contribution in [0.5, 0.6) is 0 Å². The summed E-state index contributed by atoms with van der Waals surface area (Å²) in [6.07, 6.45) is 1.41. The standard InChI is InChI=1S/C20H17Cl2N3O4.Li.2H2O/c1-10(26)23-13-2-4-14(5-3-13)24-18(27)7-11-6-17(20(28)29)25-16-9-12(21)8-15(22)19(11)16;;;/h2-5,7-9,17,25H,6H2,1H3,(H,23,26)(H,24,27)(H,28,29);;2*1H2/q;+1;;/p-1. The average molecular weight is 476 g/mol. The van der Waals surface area contributed by atoms with Gasteiger partial charge < -0.3 is 32.0 Å². The van der Waals surface area contributed by atoms with Crippen LogP contribution in [0.3, 0.4) is 0 Å². The predicted octanol–water partition coefficient (Wildman–Crippen LogP) is 0.245. The van der Waals surface area contributed by atoms with Gasteiger partial charge in [-0.15, -0.1) is 0 Å². The van der Waals surface area contributed by atoms with Crippen molar-refractivity contribution >= 4 is 63.6 Å². The first-order chi connectivity index (χ1) is 13.7. The Balaban J connectivity index is 0.00000320. The first kappa shape index (κ1) is 29.5. The molecule has 1 aliphatic rings. The Hall–Kier alpha value is -2.51. The molecule has 7 N–H and O–H groups in total. The normalized spacial score (nSPS) is 15.0. The second-order valence-electron chi connectivity index (χ2n) is 6.47. The van der Waals surface area contributed by atoms with Gasteiger partial charge in [0.15, 0.2) is 0 Å². The van der Waals surface area contributed by atoms with E-state index in [2.05, 4.69) is 16.0 Å². The van der Waals surface area contributed by atoms with Crippen LogP contribution >= 0.6 is 23.2 Å². The molecule has 1 heterocycles. The molecule has 0 saturated carbocycles. The number of hydrogen-bond acceptors (Lipinski definition) is 5. The van der Waals surface area contributed by atoms with Crippen molar-refractivity contribution in [3.8, 4) is 0 Å². The van der Waals surface area contributed by atoms with Crippen molar-refractivity contribution in [1.29, 1.82) is 0 Å². The van der Waals surface area contributed by atoms with Crippen LogP contribution in [0.25, 0.3) is 5.57 Å². The zero-order valence-corrected chi connectivity index (χ0v) is 18.7. The fraction of sp³-hybridized carbons (Fsp3) is 0.150. The van der Waals surface area contributed by atoms with E-state index in [9.17, 15) is 19.5 Å². The first-order valence-corrected chi connectivity index (χ1v) is 9.36. The molecule has 0 saturated heterocycles. The van der Waals surface area contributed by atoms with Crippen molar-refractivity contribution in [2.24, 2.45) is 0 Å². The van der Waals surface area contributed by atoms with Gasteiger partial charge in [0.05, 0.1) is 5.02 Å². The molecule has 9 nitrogen and oxygen atoms in total. The molecule has 2 amide bonds. The Bertz CT molecular complexity index is 1030. The van der Waals surface area contributed by atoms with E-state index in [1.807, 2.05) is 0 Å². The van der Waals surface area contributed by atoms with E-state index in [1.165, 1.54) is 19.1 Å². The van der Waals surface area contributed by atoms with Crippen molar-refractivity contribution in [2.45, 2.75) is 19.4 Å². The summed E-state index contributed by atoms with van der Waals surface area (Å²) in [5.41, 5.74) is 2.62. The first-order valence-electron chi connectivity index (χ1n) is 8.61. The van der Waals surface area contributed by atoms with Gasteiger partial charge in [-0.25, -0.2) is 4.79 Å². The third-order valence-corrected chi connectivity index (χ3v) is 4.72. The average Bonchev–Trinajstić information content (AvgIpc) is 2.61. The summed E-state index contributed by atoms with van der Waals surface area (Å²) < 4.78 is 0. The molecule has 0 bridgehead atoms. The van der Waals surface area contributed by atoms with Gasteiger partial charge in [-0.1, -0.05) is 23.2 Å². The van der Waals surface area contributed by atoms with Crippen molar-refractivity contribution < 1.29 is 49.3 Å². The van der Waals surface area contributed by atoms with Crippen LogP contribution in [-0.4, -0.2) is 39.9 Å². The number of carbonyl (C=O) groups is 3. The summed E-state index contributed by atoms with van der Waals surface area (Å²) in [6, 6.07) is 8.80. The maximum Gasteiger partial charge on any atom is 1.00 e. The third-order valence-electron chi connectivity index (χ3n) is 4.21. The molecule has 3 rings (SSSR count). The number of nitrogens with one attached hydrogen (secondary N) is 3. The van der Waals surface area contributed by atoms with Gasteiger partial charge in [0.2, 0.25) is 11.8 Å². The maximum absolute atomic E-state index is 12.5. The fourth-order valence-electron chi connectivity index (χ4n) is 3.03. The number of fused-ring (bicyclic) bond motifs is 1. The number of anilines is 3. The molecule has 166 valence electrons. The number of hydrogen-bond donors (Lipinski definition) is 4. The Morgan fingerprint density at radius 2 is 1.66 bits per heavy atom. The topological polar surface area (TPSA) is 169 Å². The predicted molar refractivity (Wildman–Crippen MR) is 119 cm³/mol. The number of carboxylic acids is 1. The van der Waals surface area contributed by atoms with Crippen LogP contribution in [0, 0.1) is 0 Å². The van der Waals surface area contributed by atoms with E-state index >= 15 is 0 Å². The van der Waals surface area contributed by atoms with Crippen LogP contribution in [0.4, 0.5) is 17.1 Å². The Morgan fingerprint density at radius 3 is 2.19 bits per heavy atom. The van der Waals surface area contributed by atoms with E-state index in [0.29, 0.717) is 38.2 Å². The van der Waals surface area contributed by atoms with Crippen LogP contribution in [0.1, 0.15) is 18.9 Å². The molecule has 0 fully saturated rings. The third kappa shape index (κ3) is 7.27. The second-order valence-corrected chi connectivity index (χ2v) is 7.31. The number of halogens is 2. The maximum atomic E-state index is 12.5. The molecule has 32 heavy (non-hydrogen) atoms. The number of amides is 2. The monoisotopic (exact) mass is 475 g/mol. The minimum absolute atomic E-state index is 0. The van der Waals surface area contributed by atoms with Gasteiger partial charge in [-0.2, -0.15) is 0 Å². The number of benzene rings is 2. The molecule has 12 heteroatoms. The molecule has 0 spiro atoms. The Morgan fingerprint density at radius 1 is 1.09 bits per heavy atom. The van der Waals surface area contributed by atoms with Crippen LogP contribution in [0.15, 0.2) is 42.5 Å². The van der Waals surface area contributed by atoms with Crippen molar-refractivity contribution in [3.05, 3.63) is 58.1 Å². The molecule has 0 radical (unpaired) electrons. The number of carboxylic acid groups (broad SMARTS) is 1. The van der Waals surface area contributed by atoms with Crippen LogP contribution < -0.4 is 34.8 Å². The van der Waals surface area contributed by atoms with Gasteiger partial charge in [-0.05, 0) is 42.0 Å². The quantitative estimate of drug-likeness (QED) is 0.364. The zero-order chi connectivity index (χ0) is 21.1. The minimum atomic E-state index is -1.05. The second kappa shape index (κ2) is 12.5. The summed E-state index contributed by atoms with van der Waals surface area (Å²) in [4.78, 5) is 35.1. The molecule has 1 aliphatic heterocycles. The van der Waals surface area contributed by atoms with Gasteiger partial charge >= 0.3 is 24.8 Å². The Labute approximate surface area is 206 Å². The molecule has 0 aromatic heterocycles. The van der Waals surface area contributed by atoms with Crippen molar-refractivity contribution in [3.63, 3.8) is 0 Å². The number of rotatable bonds is 4. The molecular formula is C20H20Cl2LiN3O6. The van der Waals surface area contributed by atoms with Crippen LogP contribution in [-0.2, 0) is 14.4 Å². The van der Waals surface area contributed by atoms with Gasteiger partial charge in [0.25, 0.3) is 0 Å². The number of aliphatic carboxylic acids is 1. The molecular weight excluding hydrogens is 456 g/mol. The van der Waals surface area contributed by atoms with E-state index in [0.717, 1.165) is 0 Å². The molecule has 1 unspecified atom stereocenters. The molecule has 1 atom stereocenters. The van der Waals surface area contributed by atoms with Gasteiger partial charge in [0.1, 0.15) is 6.04 Å². The fourth-order valence-corrected chi connectivity index (χ4v) is 3.65. The minimum Gasteiger partial charge on any atom is -0.870 e. The van der Waals surface area contributed by atoms with E-state index in [-0.39, 0.29) is 42.1 Å². The summed E-state index contributed by atoms with van der Waals surface area (Å²) >= 11 is 12.3. The Kier molecular flexibility index (Phi) is 11.5. The smallest absolute Gasteiger partial charge is 0.870 e. The van der Waals surface area contributed by atoms with E-state index in [1.54, 1.807) is 30.3 Å². The SMILES string of the molecule is CC(=O)Nc1ccc(NC(=O)C=C2CC(C(=O)O)Nc3cc(Cl)cc(Cl)c32)cc1.O.[Li+].[OH-]. The molecule has 0 aliphatic carbocycles. The molecule has 2 aromatic rings. The van der Waals surface area contributed by atoms with E-state index in [4.69, 9.17) is 23.2 Å². The largest absolute Gasteiger partial charge is 1.00 e. The summed E-state index contributed by atoms with van der Waals surface area (Å²) in [7, 11) is 0. The van der Waals surface area contributed by atoms with Crippen molar-refractivity contribution in [1.82, 2.24) is 0 Å². The summed E-state index contributed by atoms with van der Waals surface area (Å²) in [5.74, 6) is -1.68. The van der Waals surface area contributed by atoms with Gasteiger partial charge in [-0.3, -0.25) is 9.59 Å². The summed E-state index contributed by atoms with van der Waals surface area (Å²) in [6.45, 7) is 1.40. The number of carbonyl (C=O) groups excluding carboxylic acids is 2. The van der Waals surface area contributed by atoms with Crippen molar-refractivity contribution in [2.75, 3.05) is 16.0 Å².